The zero-order valence-corrected chi connectivity index (χ0v) is 13.6. The Labute approximate surface area is 140 Å². The molecule has 2 rings (SSSR count). The first-order valence-electron chi connectivity index (χ1n) is 7.96. The molecule has 7 heteroatoms. The highest BCUT2D eigenvalue weighted by Crippen LogP contribution is 2.24. The fourth-order valence-corrected chi connectivity index (χ4v) is 2.65. The summed E-state index contributed by atoms with van der Waals surface area (Å²) >= 11 is 0. The second-order valence-corrected chi connectivity index (χ2v) is 5.88. The summed E-state index contributed by atoms with van der Waals surface area (Å²) in [5.74, 6) is -1.41. The van der Waals surface area contributed by atoms with Crippen LogP contribution in [0.15, 0.2) is 24.3 Å². The van der Waals surface area contributed by atoms with Gasteiger partial charge in [-0.05, 0) is 43.0 Å². The zero-order valence-electron chi connectivity index (χ0n) is 13.6. The molecule has 0 radical (unpaired) electrons. The molecule has 1 saturated heterocycles. The largest absolute Gasteiger partial charge is 0.480 e. The standard InChI is InChI=1S/C17H22N2O5/c1-11(12-6-8-24-9-7-12)16(22)19-14-4-2-13(3-5-14)17(23)18-10-15(20)21/h2-5,11-12H,6-10H2,1H3,(H,18,23)(H,19,22)(H,20,21). The highest BCUT2D eigenvalue weighted by atomic mass is 16.5. The van der Waals surface area contributed by atoms with Crippen LogP contribution in [0.25, 0.3) is 0 Å². The minimum absolute atomic E-state index is 0.0509. The van der Waals surface area contributed by atoms with E-state index in [1.165, 1.54) is 0 Å². The Morgan fingerprint density at radius 1 is 1.21 bits per heavy atom. The highest BCUT2D eigenvalue weighted by molar-refractivity contribution is 5.97. The molecular formula is C17H22N2O5. The van der Waals surface area contributed by atoms with Crippen LogP contribution < -0.4 is 10.6 Å². The van der Waals surface area contributed by atoms with Gasteiger partial charge < -0.3 is 20.5 Å². The SMILES string of the molecule is CC(C(=O)Nc1ccc(C(=O)NCC(=O)O)cc1)C1CCOCC1. The lowest BCUT2D eigenvalue weighted by molar-refractivity contribution is -0.135. The second kappa shape index (κ2) is 8.44. The van der Waals surface area contributed by atoms with Crippen LogP contribution in [0.3, 0.4) is 0 Å². The number of carboxylic acid groups (broad SMARTS) is 1. The third-order valence-corrected chi connectivity index (χ3v) is 4.20. The molecular weight excluding hydrogens is 312 g/mol. The van der Waals surface area contributed by atoms with Crippen LogP contribution in [0.1, 0.15) is 30.1 Å². The summed E-state index contributed by atoms with van der Waals surface area (Å²) in [6, 6.07) is 6.35. The van der Waals surface area contributed by atoms with E-state index >= 15 is 0 Å². The Hall–Kier alpha value is -2.41. The van der Waals surface area contributed by atoms with Gasteiger partial charge in [-0.25, -0.2) is 0 Å². The number of hydrogen-bond donors (Lipinski definition) is 3. The van der Waals surface area contributed by atoms with E-state index in [-0.39, 0.29) is 11.8 Å². The highest BCUT2D eigenvalue weighted by Gasteiger charge is 2.26. The van der Waals surface area contributed by atoms with Crippen LogP contribution in [0.2, 0.25) is 0 Å². The number of carbonyl (C=O) groups excluding carboxylic acids is 2. The molecule has 7 nitrogen and oxygen atoms in total. The first-order chi connectivity index (χ1) is 11.5. The number of amides is 2. The quantitative estimate of drug-likeness (QED) is 0.731. The van der Waals surface area contributed by atoms with E-state index in [1.54, 1.807) is 24.3 Å². The number of rotatable bonds is 6. The molecule has 1 aromatic rings. The van der Waals surface area contributed by atoms with E-state index in [4.69, 9.17) is 9.84 Å². The van der Waals surface area contributed by atoms with E-state index in [0.717, 1.165) is 12.8 Å². The second-order valence-electron chi connectivity index (χ2n) is 5.88. The van der Waals surface area contributed by atoms with Gasteiger partial charge in [-0.3, -0.25) is 14.4 Å². The van der Waals surface area contributed by atoms with Crippen LogP contribution >= 0.6 is 0 Å². The van der Waals surface area contributed by atoms with Crippen molar-refractivity contribution < 1.29 is 24.2 Å². The van der Waals surface area contributed by atoms with Gasteiger partial charge in [0.2, 0.25) is 5.91 Å². The van der Waals surface area contributed by atoms with Crippen molar-refractivity contribution in [3.8, 4) is 0 Å². The van der Waals surface area contributed by atoms with Crippen LogP contribution in [0.4, 0.5) is 5.69 Å². The molecule has 2 amide bonds. The van der Waals surface area contributed by atoms with Crippen molar-refractivity contribution in [1.82, 2.24) is 5.32 Å². The Kier molecular flexibility index (Phi) is 6.31. The maximum Gasteiger partial charge on any atom is 0.322 e. The van der Waals surface area contributed by atoms with Gasteiger partial charge >= 0.3 is 5.97 Å². The Balaban J connectivity index is 1.89. The maximum absolute atomic E-state index is 12.3. The van der Waals surface area contributed by atoms with Crippen molar-refractivity contribution in [3.63, 3.8) is 0 Å². The smallest absolute Gasteiger partial charge is 0.322 e. The Morgan fingerprint density at radius 3 is 2.42 bits per heavy atom. The van der Waals surface area contributed by atoms with Gasteiger partial charge in [-0.1, -0.05) is 6.92 Å². The molecule has 0 aliphatic carbocycles. The molecule has 1 atom stereocenters. The number of ether oxygens (including phenoxy) is 1. The molecule has 0 spiro atoms. The van der Waals surface area contributed by atoms with Crippen molar-refractivity contribution >= 4 is 23.5 Å². The fourth-order valence-electron chi connectivity index (χ4n) is 2.65. The first-order valence-corrected chi connectivity index (χ1v) is 7.96. The Morgan fingerprint density at radius 2 is 1.83 bits per heavy atom. The van der Waals surface area contributed by atoms with Gasteiger partial charge in [0.05, 0.1) is 0 Å². The summed E-state index contributed by atoms with van der Waals surface area (Å²) in [7, 11) is 0. The summed E-state index contributed by atoms with van der Waals surface area (Å²) in [6.07, 6.45) is 1.77. The first kappa shape index (κ1) is 17.9. The maximum atomic E-state index is 12.3. The lowest BCUT2D eigenvalue weighted by Gasteiger charge is -2.26. The molecule has 1 aliphatic rings. The number of benzene rings is 1. The molecule has 1 heterocycles. The lowest BCUT2D eigenvalue weighted by Crippen LogP contribution is -2.31. The average Bonchev–Trinajstić information content (AvgIpc) is 2.60. The van der Waals surface area contributed by atoms with Crippen LogP contribution in [-0.2, 0) is 14.3 Å². The molecule has 0 aromatic heterocycles. The topological polar surface area (TPSA) is 105 Å². The van der Waals surface area contributed by atoms with Gasteiger partial charge in [-0.15, -0.1) is 0 Å². The van der Waals surface area contributed by atoms with Crippen molar-refractivity contribution in [1.29, 1.82) is 0 Å². The van der Waals surface area contributed by atoms with Crippen LogP contribution in [-0.4, -0.2) is 42.6 Å². The molecule has 0 saturated carbocycles. The molecule has 1 fully saturated rings. The molecule has 3 N–H and O–H groups in total. The number of carbonyl (C=O) groups is 3. The van der Waals surface area contributed by atoms with E-state index < -0.39 is 18.4 Å². The van der Waals surface area contributed by atoms with Gasteiger partial charge in [0.15, 0.2) is 0 Å². The number of carboxylic acids is 1. The molecule has 1 aromatic carbocycles. The minimum atomic E-state index is -1.10. The van der Waals surface area contributed by atoms with Gasteiger partial charge in [-0.2, -0.15) is 0 Å². The van der Waals surface area contributed by atoms with Crippen LogP contribution in [0, 0.1) is 11.8 Å². The van der Waals surface area contributed by atoms with Gasteiger partial charge in [0.25, 0.3) is 5.91 Å². The van der Waals surface area contributed by atoms with Crippen molar-refractivity contribution in [2.45, 2.75) is 19.8 Å². The van der Waals surface area contributed by atoms with Crippen molar-refractivity contribution in [3.05, 3.63) is 29.8 Å². The molecule has 24 heavy (non-hydrogen) atoms. The molecule has 0 bridgehead atoms. The summed E-state index contributed by atoms with van der Waals surface area (Å²) in [5.41, 5.74) is 0.945. The Bertz CT molecular complexity index is 594. The number of nitrogens with one attached hydrogen (secondary N) is 2. The predicted molar refractivity (Wildman–Crippen MR) is 87.7 cm³/mol. The third kappa shape index (κ3) is 5.06. The lowest BCUT2D eigenvalue weighted by atomic mass is 9.87. The summed E-state index contributed by atoms with van der Waals surface area (Å²) in [6.45, 7) is 2.88. The average molecular weight is 334 g/mol. The zero-order chi connectivity index (χ0) is 17.5. The van der Waals surface area contributed by atoms with E-state index in [9.17, 15) is 14.4 Å². The fraction of sp³-hybridized carbons (Fsp3) is 0.471. The van der Waals surface area contributed by atoms with Gasteiger partial charge in [0, 0.05) is 30.4 Å². The van der Waals surface area contributed by atoms with Crippen molar-refractivity contribution in [2.75, 3.05) is 25.1 Å². The molecule has 130 valence electrons. The van der Waals surface area contributed by atoms with Gasteiger partial charge in [0.1, 0.15) is 6.54 Å². The summed E-state index contributed by atoms with van der Waals surface area (Å²) < 4.78 is 5.31. The summed E-state index contributed by atoms with van der Waals surface area (Å²) in [5, 5.41) is 13.7. The predicted octanol–water partition coefficient (Wildman–Crippen LogP) is 1.50. The molecule has 1 unspecified atom stereocenters. The van der Waals surface area contributed by atoms with Crippen LogP contribution in [0.5, 0.6) is 0 Å². The minimum Gasteiger partial charge on any atom is -0.480 e. The number of hydrogen-bond acceptors (Lipinski definition) is 4. The monoisotopic (exact) mass is 334 g/mol. The molecule has 1 aliphatic heterocycles. The normalized spacial score (nSPS) is 16.2. The number of aliphatic carboxylic acids is 1. The summed E-state index contributed by atoms with van der Waals surface area (Å²) in [4.78, 5) is 34.5. The van der Waals surface area contributed by atoms with E-state index in [0.29, 0.717) is 30.4 Å². The van der Waals surface area contributed by atoms with E-state index in [1.807, 2.05) is 6.92 Å². The van der Waals surface area contributed by atoms with E-state index in [2.05, 4.69) is 10.6 Å². The van der Waals surface area contributed by atoms with Crippen molar-refractivity contribution in [2.24, 2.45) is 11.8 Å². The third-order valence-electron chi connectivity index (χ3n) is 4.20. The number of anilines is 1.